The first kappa shape index (κ1) is 20.3. The number of carbonyl (C=O) groups is 1. The Labute approximate surface area is 183 Å². The van der Waals surface area contributed by atoms with Crippen LogP contribution in [0.3, 0.4) is 0 Å². The van der Waals surface area contributed by atoms with Crippen LogP contribution in [0.1, 0.15) is 11.3 Å². The minimum atomic E-state index is -0.144. The number of nitrogens with one attached hydrogen (secondary N) is 1. The maximum Gasteiger partial charge on any atom is 0.234 e. The van der Waals surface area contributed by atoms with Crippen LogP contribution in [0, 0.1) is 13.8 Å². The summed E-state index contributed by atoms with van der Waals surface area (Å²) in [6, 6.07) is 17.1. The lowest BCUT2D eigenvalue weighted by atomic mass is 10.2. The van der Waals surface area contributed by atoms with Crippen LogP contribution in [-0.4, -0.2) is 26.4 Å². The number of aromatic nitrogens is 3. The number of furan rings is 1. The first-order chi connectivity index (χ1) is 14.5. The molecule has 0 aliphatic carbocycles. The molecule has 0 spiro atoms. The first-order valence-electron chi connectivity index (χ1n) is 9.27. The summed E-state index contributed by atoms with van der Waals surface area (Å²) in [5.41, 5.74) is 3.30. The normalized spacial score (nSPS) is 10.9. The number of hydrogen-bond donors (Lipinski definition) is 1. The van der Waals surface area contributed by atoms with Gasteiger partial charge < -0.3 is 9.73 Å². The van der Waals surface area contributed by atoms with E-state index >= 15 is 0 Å². The van der Waals surface area contributed by atoms with E-state index in [0.29, 0.717) is 21.7 Å². The van der Waals surface area contributed by atoms with E-state index in [1.165, 1.54) is 11.8 Å². The van der Waals surface area contributed by atoms with Crippen molar-refractivity contribution in [1.82, 2.24) is 14.8 Å². The molecule has 0 unspecified atom stereocenters. The number of nitrogens with zero attached hydrogens (tertiary/aromatic N) is 3. The van der Waals surface area contributed by atoms with Crippen LogP contribution in [0.25, 0.3) is 17.1 Å². The van der Waals surface area contributed by atoms with E-state index in [9.17, 15) is 4.79 Å². The number of halogens is 1. The van der Waals surface area contributed by atoms with E-state index in [4.69, 9.17) is 16.0 Å². The molecule has 1 N–H and O–H groups in total. The lowest BCUT2D eigenvalue weighted by molar-refractivity contribution is -0.113. The van der Waals surface area contributed by atoms with Crippen LogP contribution < -0.4 is 5.32 Å². The van der Waals surface area contributed by atoms with Gasteiger partial charge in [0.2, 0.25) is 5.91 Å². The first-order valence-corrected chi connectivity index (χ1v) is 10.6. The summed E-state index contributed by atoms with van der Waals surface area (Å²) in [5.74, 6) is 1.46. The average molecular weight is 439 g/mol. The predicted molar refractivity (Wildman–Crippen MR) is 119 cm³/mol. The maximum absolute atomic E-state index is 12.5. The number of thioether (sulfide) groups is 1. The van der Waals surface area contributed by atoms with Gasteiger partial charge in [0.25, 0.3) is 0 Å². The molecule has 2 aromatic heterocycles. The monoisotopic (exact) mass is 438 g/mol. The summed E-state index contributed by atoms with van der Waals surface area (Å²) in [6.07, 6.45) is 1.63. The molecule has 2 aromatic carbocycles. The summed E-state index contributed by atoms with van der Waals surface area (Å²) in [7, 11) is 0. The summed E-state index contributed by atoms with van der Waals surface area (Å²) in [5, 5.41) is 12.8. The van der Waals surface area contributed by atoms with Gasteiger partial charge in [-0.3, -0.25) is 9.36 Å². The van der Waals surface area contributed by atoms with Crippen LogP contribution in [-0.2, 0) is 4.79 Å². The smallest absolute Gasteiger partial charge is 0.234 e. The quantitative estimate of drug-likeness (QED) is 0.401. The van der Waals surface area contributed by atoms with E-state index in [1.807, 2.05) is 66.9 Å². The highest BCUT2D eigenvalue weighted by atomic mass is 35.5. The molecule has 4 aromatic rings. The number of benzene rings is 2. The standard InChI is InChI=1S/C22H19ClN4O2S/c1-14-18(23)9-6-10-19(14)24-20(28)13-30-22-26-25-21(17-11-12-29-15(17)2)27(22)16-7-4-3-5-8-16/h3-12H,13H2,1-2H3,(H,24,28). The number of rotatable bonds is 6. The van der Waals surface area contributed by atoms with E-state index < -0.39 is 0 Å². The molecule has 30 heavy (non-hydrogen) atoms. The summed E-state index contributed by atoms with van der Waals surface area (Å²) in [6.45, 7) is 3.75. The third-order valence-corrected chi connectivity index (χ3v) is 5.96. The molecule has 0 aliphatic rings. The van der Waals surface area contributed by atoms with Gasteiger partial charge in [-0.25, -0.2) is 0 Å². The molecule has 0 bridgehead atoms. The van der Waals surface area contributed by atoms with Gasteiger partial charge in [0.15, 0.2) is 11.0 Å². The minimum absolute atomic E-state index is 0.144. The molecule has 0 saturated carbocycles. The zero-order valence-corrected chi connectivity index (χ0v) is 18.0. The molecule has 0 saturated heterocycles. The fourth-order valence-electron chi connectivity index (χ4n) is 3.02. The summed E-state index contributed by atoms with van der Waals surface area (Å²) >= 11 is 7.45. The molecule has 8 heteroatoms. The van der Waals surface area contributed by atoms with Crippen molar-refractivity contribution < 1.29 is 9.21 Å². The number of carbonyl (C=O) groups excluding carboxylic acids is 1. The van der Waals surface area contributed by atoms with Gasteiger partial charge >= 0.3 is 0 Å². The van der Waals surface area contributed by atoms with Gasteiger partial charge in [0, 0.05) is 16.4 Å². The molecule has 152 valence electrons. The van der Waals surface area contributed by atoms with Crippen molar-refractivity contribution in [3.63, 3.8) is 0 Å². The number of hydrogen-bond acceptors (Lipinski definition) is 5. The Kier molecular flexibility index (Phi) is 5.92. The zero-order chi connectivity index (χ0) is 21.1. The lowest BCUT2D eigenvalue weighted by Gasteiger charge is -2.11. The Bertz CT molecular complexity index is 1190. The van der Waals surface area contributed by atoms with Crippen LogP contribution in [0.5, 0.6) is 0 Å². The Balaban J connectivity index is 1.59. The number of amides is 1. The van der Waals surface area contributed by atoms with Gasteiger partial charge in [-0.2, -0.15) is 0 Å². The van der Waals surface area contributed by atoms with Gasteiger partial charge in [-0.1, -0.05) is 47.6 Å². The van der Waals surface area contributed by atoms with Crippen molar-refractivity contribution in [3.05, 3.63) is 77.2 Å². The van der Waals surface area contributed by atoms with Crippen LogP contribution in [0.2, 0.25) is 5.02 Å². The predicted octanol–water partition coefficient (Wildman–Crippen LogP) is 5.53. The highest BCUT2D eigenvalue weighted by Crippen LogP contribution is 2.30. The Morgan fingerprint density at radius 1 is 1.10 bits per heavy atom. The van der Waals surface area contributed by atoms with Crippen molar-refractivity contribution in [3.8, 4) is 17.1 Å². The fraction of sp³-hybridized carbons (Fsp3) is 0.136. The molecular weight excluding hydrogens is 420 g/mol. The molecule has 1 amide bonds. The van der Waals surface area contributed by atoms with Crippen molar-refractivity contribution in [2.75, 3.05) is 11.1 Å². The van der Waals surface area contributed by atoms with Crippen molar-refractivity contribution in [2.24, 2.45) is 0 Å². The van der Waals surface area contributed by atoms with E-state index in [1.54, 1.807) is 12.3 Å². The fourth-order valence-corrected chi connectivity index (χ4v) is 3.95. The molecule has 2 heterocycles. The zero-order valence-electron chi connectivity index (χ0n) is 16.4. The van der Waals surface area contributed by atoms with Gasteiger partial charge in [0.05, 0.1) is 17.6 Å². The second-order valence-electron chi connectivity index (χ2n) is 6.62. The largest absolute Gasteiger partial charge is 0.469 e. The summed E-state index contributed by atoms with van der Waals surface area (Å²) in [4.78, 5) is 12.5. The molecule has 0 radical (unpaired) electrons. The Morgan fingerprint density at radius 2 is 1.90 bits per heavy atom. The highest BCUT2D eigenvalue weighted by Gasteiger charge is 2.19. The van der Waals surface area contributed by atoms with E-state index in [2.05, 4.69) is 15.5 Å². The van der Waals surface area contributed by atoms with Crippen molar-refractivity contribution in [1.29, 1.82) is 0 Å². The summed E-state index contributed by atoms with van der Waals surface area (Å²) < 4.78 is 7.37. The van der Waals surface area contributed by atoms with Gasteiger partial charge in [-0.05, 0) is 49.7 Å². The maximum atomic E-state index is 12.5. The van der Waals surface area contributed by atoms with Crippen molar-refractivity contribution >= 4 is 35.0 Å². The van der Waals surface area contributed by atoms with Gasteiger partial charge in [-0.15, -0.1) is 10.2 Å². The molecule has 0 atom stereocenters. The van der Waals surface area contributed by atoms with E-state index in [-0.39, 0.29) is 11.7 Å². The molecule has 0 aliphatic heterocycles. The van der Waals surface area contributed by atoms with E-state index in [0.717, 1.165) is 22.6 Å². The highest BCUT2D eigenvalue weighted by molar-refractivity contribution is 7.99. The average Bonchev–Trinajstić information content (AvgIpc) is 3.36. The molecular formula is C22H19ClN4O2S. The molecule has 0 fully saturated rings. The lowest BCUT2D eigenvalue weighted by Crippen LogP contribution is -2.15. The third-order valence-electron chi connectivity index (χ3n) is 4.62. The topological polar surface area (TPSA) is 72.9 Å². The minimum Gasteiger partial charge on any atom is -0.469 e. The molecule has 6 nitrogen and oxygen atoms in total. The van der Waals surface area contributed by atoms with Crippen LogP contribution in [0.15, 0.2) is 70.4 Å². The number of aryl methyl sites for hydroxylation is 1. The van der Waals surface area contributed by atoms with Crippen LogP contribution in [0.4, 0.5) is 5.69 Å². The second-order valence-corrected chi connectivity index (χ2v) is 7.97. The second kappa shape index (κ2) is 8.77. The van der Waals surface area contributed by atoms with Crippen LogP contribution >= 0.6 is 23.4 Å². The van der Waals surface area contributed by atoms with Crippen molar-refractivity contribution in [2.45, 2.75) is 19.0 Å². The number of anilines is 1. The molecule has 4 rings (SSSR count). The van der Waals surface area contributed by atoms with Gasteiger partial charge in [0.1, 0.15) is 5.76 Å². The Hall–Kier alpha value is -3.03. The number of para-hydroxylation sites is 1. The third kappa shape index (κ3) is 4.13. The SMILES string of the molecule is Cc1occc1-c1nnc(SCC(=O)Nc2cccc(Cl)c2C)n1-c1ccccc1. The Morgan fingerprint density at radius 3 is 2.63 bits per heavy atom.